The van der Waals surface area contributed by atoms with Gasteiger partial charge in [-0.25, -0.2) is 0 Å². The molecule has 5 nitrogen and oxygen atoms in total. The van der Waals surface area contributed by atoms with E-state index in [1.807, 2.05) is 53.4 Å². The Morgan fingerprint density at radius 1 is 1.10 bits per heavy atom. The molecule has 0 bridgehead atoms. The fourth-order valence-electron chi connectivity index (χ4n) is 3.24. The normalized spacial score (nSPS) is 13.6. The van der Waals surface area contributed by atoms with E-state index in [2.05, 4.69) is 31.0 Å². The first kappa shape index (κ1) is 21.4. The van der Waals surface area contributed by atoms with Gasteiger partial charge in [-0.15, -0.1) is 0 Å². The summed E-state index contributed by atoms with van der Waals surface area (Å²) in [6.45, 7) is 5.25. The number of anilines is 1. The van der Waals surface area contributed by atoms with Crippen molar-refractivity contribution in [3.8, 4) is 17.6 Å². The van der Waals surface area contributed by atoms with Gasteiger partial charge in [-0.05, 0) is 60.7 Å². The highest BCUT2D eigenvalue weighted by molar-refractivity contribution is 5.94. The topological polar surface area (TPSA) is 58.6 Å². The number of amides is 2. The fraction of sp³-hybridized carbons (Fsp3) is 0.360. The minimum atomic E-state index is -0.212. The summed E-state index contributed by atoms with van der Waals surface area (Å²) < 4.78 is 5.50. The van der Waals surface area contributed by atoms with E-state index >= 15 is 0 Å². The van der Waals surface area contributed by atoms with Gasteiger partial charge in [0, 0.05) is 24.2 Å². The summed E-state index contributed by atoms with van der Waals surface area (Å²) in [5.74, 6) is 7.07. The van der Waals surface area contributed by atoms with E-state index in [0.717, 1.165) is 30.6 Å². The average Bonchev–Trinajstić information content (AvgIpc) is 2.76. The van der Waals surface area contributed by atoms with Crippen LogP contribution in [0.25, 0.3) is 0 Å². The van der Waals surface area contributed by atoms with Crippen molar-refractivity contribution in [3.05, 3.63) is 59.7 Å². The molecule has 2 amide bonds. The van der Waals surface area contributed by atoms with Gasteiger partial charge in [0.1, 0.15) is 5.75 Å². The molecule has 5 heteroatoms. The molecule has 1 N–H and O–H groups in total. The predicted octanol–water partition coefficient (Wildman–Crippen LogP) is 3.87. The number of hydrogen-bond acceptors (Lipinski definition) is 3. The maximum atomic E-state index is 12.0. The number of hydrogen-bond donors (Lipinski definition) is 1. The summed E-state index contributed by atoms with van der Waals surface area (Å²) >= 11 is 0. The lowest BCUT2D eigenvalue weighted by Crippen LogP contribution is -2.35. The maximum Gasteiger partial charge on any atom is 0.258 e. The van der Waals surface area contributed by atoms with Crippen molar-refractivity contribution in [2.24, 2.45) is 0 Å². The molecule has 2 aromatic rings. The van der Waals surface area contributed by atoms with Crippen molar-refractivity contribution in [1.29, 1.82) is 0 Å². The lowest BCUT2D eigenvalue weighted by atomic mass is 10.0. The van der Waals surface area contributed by atoms with Crippen LogP contribution in [0.4, 0.5) is 5.69 Å². The van der Waals surface area contributed by atoms with E-state index in [4.69, 9.17) is 4.74 Å². The molecule has 1 heterocycles. The molecule has 1 saturated heterocycles. The van der Waals surface area contributed by atoms with Crippen LogP contribution < -0.4 is 15.0 Å². The predicted molar refractivity (Wildman–Crippen MR) is 119 cm³/mol. The Labute approximate surface area is 178 Å². The van der Waals surface area contributed by atoms with Gasteiger partial charge in [-0.2, -0.15) is 0 Å². The third-order valence-corrected chi connectivity index (χ3v) is 5.03. The second-order valence-electron chi connectivity index (χ2n) is 7.64. The van der Waals surface area contributed by atoms with Gasteiger partial charge in [-0.1, -0.05) is 37.8 Å². The zero-order chi connectivity index (χ0) is 21.3. The van der Waals surface area contributed by atoms with Gasteiger partial charge in [-0.3, -0.25) is 9.59 Å². The Hall–Kier alpha value is -3.26. The monoisotopic (exact) mass is 404 g/mol. The first-order chi connectivity index (χ1) is 14.5. The van der Waals surface area contributed by atoms with Crippen LogP contribution in [0.5, 0.6) is 5.75 Å². The molecule has 0 atom stereocenters. The number of rotatable bonds is 6. The molecule has 0 aliphatic carbocycles. The Balaban J connectivity index is 1.42. The molecule has 0 spiro atoms. The number of benzene rings is 2. The van der Waals surface area contributed by atoms with Crippen LogP contribution >= 0.6 is 0 Å². The van der Waals surface area contributed by atoms with Crippen LogP contribution in [-0.2, 0) is 9.59 Å². The molecule has 1 aliphatic heterocycles. The second-order valence-corrected chi connectivity index (χ2v) is 7.64. The van der Waals surface area contributed by atoms with E-state index in [-0.39, 0.29) is 25.0 Å². The fourth-order valence-corrected chi connectivity index (χ4v) is 3.24. The summed E-state index contributed by atoms with van der Waals surface area (Å²) in [5, 5.41) is 2.73. The molecule has 0 radical (unpaired) electrons. The highest BCUT2D eigenvalue weighted by Crippen LogP contribution is 2.21. The SMILES string of the molecule is CC(C)c1ccc(OCC(=O)NCC#Cc2ccc(N3CCCCC3=O)cc2)cc1. The summed E-state index contributed by atoms with van der Waals surface area (Å²) in [4.78, 5) is 25.7. The summed E-state index contributed by atoms with van der Waals surface area (Å²) in [6.07, 6.45) is 2.63. The third-order valence-electron chi connectivity index (χ3n) is 5.03. The molecular formula is C25H28N2O3. The number of nitrogens with one attached hydrogen (secondary N) is 1. The van der Waals surface area contributed by atoms with Crippen LogP contribution in [-0.4, -0.2) is 31.5 Å². The molecule has 1 fully saturated rings. The van der Waals surface area contributed by atoms with Crippen LogP contribution in [0, 0.1) is 11.8 Å². The van der Waals surface area contributed by atoms with Crippen molar-refractivity contribution in [2.75, 3.05) is 24.6 Å². The van der Waals surface area contributed by atoms with Crippen LogP contribution in [0.1, 0.15) is 50.2 Å². The highest BCUT2D eigenvalue weighted by atomic mass is 16.5. The van der Waals surface area contributed by atoms with E-state index in [1.54, 1.807) is 0 Å². The van der Waals surface area contributed by atoms with Gasteiger partial charge < -0.3 is 15.0 Å². The molecule has 3 rings (SSSR count). The van der Waals surface area contributed by atoms with Crippen LogP contribution in [0.3, 0.4) is 0 Å². The summed E-state index contributed by atoms with van der Waals surface area (Å²) in [6, 6.07) is 15.4. The van der Waals surface area contributed by atoms with Crippen molar-refractivity contribution in [3.63, 3.8) is 0 Å². The van der Waals surface area contributed by atoms with Crippen molar-refractivity contribution in [2.45, 2.75) is 39.0 Å². The van der Waals surface area contributed by atoms with Gasteiger partial charge in [0.05, 0.1) is 6.54 Å². The third kappa shape index (κ3) is 6.12. The first-order valence-corrected chi connectivity index (χ1v) is 10.4. The van der Waals surface area contributed by atoms with E-state index in [1.165, 1.54) is 5.56 Å². The molecule has 0 saturated carbocycles. The number of piperidine rings is 1. The van der Waals surface area contributed by atoms with Gasteiger partial charge in [0.15, 0.2) is 6.61 Å². The van der Waals surface area contributed by atoms with Crippen molar-refractivity contribution < 1.29 is 14.3 Å². The summed E-state index contributed by atoms with van der Waals surface area (Å²) in [5.41, 5.74) is 2.99. The van der Waals surface area contributed by atoms with Gasteiger partial charge >= 0.3 is 0 Å². The molecule has 0 aromatic heterocycles. The average molecular weight is 405 g/mol. The van der Waals surface area contributed by atoms with Crippen LogP contribution in [0.2, 0.25) is 0 Å². The maximum absolute atomic E-state index is 12.0. The van der Waals surface area contributed by atoms with E-state index < -0.39 is 0 Å². The molecule has 2 aromatic carbocycles. The van der Waals surface area contributed by atoms with E-state index in [9.17, 15) is 9.59 Å². The molecule has 0 unspecified atom stereocenters. The molecular weight excluding hydrogens is 376 g/mol. The summed E-state index contributed by atoms with van der Waals surface area (Å²) in [7, 11) is 0. The van der Waals surface area contributed by atoms with Gasteiger partial charge in [0.2, 0.25) is 5.91 Å². The first-order valence-electron chi connectivity index (χ1n) is 10.4. The lowest BCUT2D eigenvalue weighted by Gasteiger charge is -2.26. The minimum absolute atomic E-state index is 0.0404. The number of carbonyl (C=O) groups is 2. The van der Waals surface area contributed by atoms with Gasteiger partial charge in [0.25, 0.3) is 5.91 Å². The Morgan fingerprint density at radius 2 is 1.83 bits per heavy atom. The lowest BCUT2D eigenvalue weighted by molar-refractivity contribution is -0.123. The zero-order valence-electron chi connectivity index (χ0n) is 17.6. The zero-order valence-corrected chi connectivity index (χ0v) is 17.6. The van der Waals surface area contributed by atoms with Crippen LogP contribution in [0.15, 0.2) is 48.5 Å². The van der Waals surface area contributed by atoms with E-state index in [0.29, 0.717) is 18.1 Å². The standard InChI is InChI=1S/C25H28N2O3/c1-19(2)21-10-14-23(15-11-21)30-18-24(28)26-16-5-6-20-8-12-22(13-9-20)27-17-4-3-7-25(27)29/h8-15,19H,3-4,7,16-18H2,1-2H3,(H,26,28). The van der Waals surface area contributed by atoms with Crippen molar-refractivity contribution in [1.82, 2.24) is 5.32 Å². The molecule has 156 valence electrons. The minimum Gasteiger partial charge on any atom is -0.484 e. The second kappa shape index (κ2) is 10.5. The number of nitrogens with zero attached hydrogens (tertiary/aromatic N) is 1. The number of carbonyl (C=O) groups excluding carboxylic acids is 2. The Kier molecular flexibility index (Phi) is 7.51. The van der Waals surface area contributed by atoms with Crippen molar-refractivity contribution >= 4 is 17.5 Å². The largest absolute Gasteiger partial charge is 0.484 e. The highest BCUT2D eigenvalue weighted by Gasteiger charge is 2.19. The Morgan fingerprint density at radius 3 is 2.50 bits per heavy atom. The number of ether oxygens (including phenoxy) is 1. The Bertz CT molecular complexity index is 922. The molecule has 1 aliphatic rings. The smallest absolute Gasteiger partial charge is 0.258 e. The molecule has 30 heavy (non-hydrogen) atoms. The quantitative estimate of drug-likeness (QED) is 0.744.